The minimum atomic E-state index is -1.20. The molecule has 1 aromatic carbocycles. The highest BCUT2D eigenvalue weighted by molar-refractivity contribution is 6.34. The normalized spacial score (nSPS) is 9.82. The van der Waals surface area contributed by atoms with Gasteiger partial charge in [0.25, 0.3) is 0 Å². The van der Waals surface area contributed by atoms with Crippen LogP contribution < -0.4 is 15.8 Å². The molecule has 0 spiro atoms. The topological polar surface area (TPSA) is 81.4 Å². The van der Waals surface area contributed by atoms with E-state index in [1.54, 1.807) is 0 Å². The lowest BCUT2D eigenvalue weighted by Crippen LogP contribution is -2.35. The number of halogens is 2. The summed E-state index contributed by atoms with van der Waals surface area (Å²) in [7, 11) is 1.20. The zero-order chi connectivity index (χ0) is 13.0. The SMILES string of the molecule is COc1cc(F)c(CNC(=O)C(N)=O)cc1F. The second kappa shape index (κ2) is 5.24. The van der Waals surface area contributed by atoms with Crippen LogP contribution in [0.4, 0.5) is 8.78 Å². The van der Waals surface area contributed by atoms with Crippen molar-refractivity contribution in [2.45, 2.75) is 6.54 Å². The molecule has 0 bridgehead atoms. The van der Waals surface area contributed by atoms with Crippen LogP contribution in [0.3, 0.4) is 0 Å². The molecular formula is C10H10F2N2O3. The first-order valence-corrected chi connectivity index (χ1v) is 4.55. The van der Waals surface area contributed by atoms with E-state index in [4.69, 9.17) is 0 Å². The van der Waals surface area contributed by atoms with Crippen molar-refractivity contribution in [1.82, 2.24) is 5.32 Å². The number of primary amides is 1. The summed E-state index contributed by atoms with van der Waals surface area (Å²) in [6.45, 7) is -0.339. The Labute approximate surface area is 95.5 Å². The minimum absolute atomic E-state index is 0.113. The number of carbonyl (C=O) groups is 2. The van der Waals surface area contributed by atoms with Gasteiger partial charge in [-0.3, -0.25) is 9.59 Å². The molecule has 5 nitrogen and oxygen atoms in total. The number of hydrogen-bond donors (Lipinski definition) is 2. The van der Waals surface area contributed by atoms with Crippen molar-refractivity contribution in [2.24, 2.45) is 5.73 Å². The van der Waals surface area contributed by atoms with E-state index in [-0.39, 0.29) is 17.9 Å². The van der Waals surface area contributed by atoms with E-state index in [9.17, 15) is 18.4 Å². The van der Waals surface area contributed by atoms with Gasteiger partial charge in [-0.2, -0.15) is 0 Å². The van der Waals surface area contributed by atoms with E-state index in [1.807, 2.05) is 5.32 Å². The van der Waals surface area contributed by atoms with Gasteiger partial charge in [0, 0.05) is 18.2 Å². The Bertz CT molecular complexity index is 463. The monoisotopic (exact) mass is 244 g/mol. The van der Waals surface area contributed by atoms with Crippen molar-refractivity contribution >= 4 is 11.8 Å². The zero-order valence-electron chi connectivity index (χ0n) is 8.92. The molecule has 0 aliphatic heterocycles. The third-order valence-electron chi connectivity index (χ3n) is 1.98. The summed E-state index contributed by atoms with van der Waals surface area (Å²) in [5.41, 5.74) is 4.56. The lowest BCUT2D eigenvalue weighted by atomic mass is 10.2. The second-order valence-electron chi connectivity index (χ2n) is 3.13. The molecule has 0 aliphatic rings. The van der Waals surface area contributed by atoms with Gasteiger partial charge in [0.05, 0.1) is 7.11 Å². The minimum Gasteiger partial charge on any atom is -0.494 e. The van der Waals surface area contributed by atoms with Crippen LogP contribution >= 0.6 is 0 Å². The van der Waals surface area contributed by atoms with Crippen molar-refractivity contribution in [3.05, 3.63) is 29.3 Å². The molecule has 0 saturated carbocycles. The van der Waals surface area contributed by atoms with Gasteiger partial charge in [0.15, 0.2) is 11.6 Å². The lowest BCUT2D eigenvalue weighted by Gasteiger charge is -2.07. The maximum absolute atomic E-state index is 13.4. The van der Waals surface area contributed by atoms with Gasteiger partial charge in [0.2, 0.25) is 0 Å². The molecule has 0 heterocycles. The fourth-order valence-corrected chi connectivity index (χ4v) is 1.12. The van der Waals surface area contributed by atoms with E-state index in [0.717, 1.165) is 12.1 Å². The molecule has 0 fully saturated rings. The first-order valence-electron chi connectivity index (χ1n) is 4.55. The van der Waals surface area contributed by atoms with Crippen molar-refractivity contribution in [3.63, 3.8) is 0 Å². The summed E-state index contributed by atoms with van der Waals surface area (Å²) < 4.78 is 31.1. The van der Waals surface area contributed by atoms with Crippen LogP contribution in [0.25, 0.3) is 0 Å². The Morgan fingerprint density at radius 2 is 2.00 bits per heavy atom. The largest absolute Gasteiger partial charge is 0.494 e. The summed E-state index contributed by atoms with van der Waals surface area (Å²) in [5.74, 6) is -4.03. The van der Waals surface area contributed by atoms with Gasteiger partial charge in [-0.25, -0.2) is 8.78 Å². The van der Waals surface area contributed by atoms with E-state index < -0.39 is 23.4 Å². The van der Waals surface area contributed by atoms with Crippen LogP contribution in [0.15, 0.2) is 12.1 Å². The molecule has 0 unspecified atom stereocenters. The highest BCUT2D eigenvalue weighted by atomic mass is 19.1. The first kappa shape index (κ1) is 12.9. The predicted octanol–water partition coefficient (Wildman–Crippen LogP) is 0.0749. The van der Waals surface area contributed by atoms with Crippen molar-refractivity contribution in [3.8, 4) is 5.75 Å². The smallest absolute Gasteiger partial charge is 0.309 e. The Hall–Kier alpha value is -2.18. The Kier molecular flexibility index (Phi) is 3.97. The highest BCUT2D eigenvalue weighted by Crippen LogP contribution is 2.20. The molecule has 92 valence electrons. The number of benzene rings is 1. The Morgan fingerprint density at radius 1 is 1.35 bits per heavy atom. The van der Waals surface area contributed by atoms with Gasteiger partial charge in [0.1, 0.15) is 5.82 Å². The summed E-state index contributed by atoms with van der Waals surface area (Å²) in [6, 6.07) is 1.72. The van der Waals surface area contributed by atoms with Gasteiger partial charge in [-0.05, 0) is 6.07 Å². The second-order valence-corrected chi connectivity index (χ2v) is 3.13. The fourth-order valence-electron chi connectivity index (χ4n) is 1.12. The number of methoxy groups -OCH3 is 1. The average molecular weight is 244 g/mol. The van der Waals surface area contributed by atoms with Gasteiger partial charge in [-0.1, -0.05) is 0 Å². The van der Waals surface area contributed by atoms with Crippen molar-refractivity contribution in [2.75, 3.05) is 7.11 Å². The van der Waals surface area contributed by atoms with Crippen LogP contribution in [-0.2, 0) is 16.1 Å². The molecule has 0 atom stereocenters. The molecular weight excluding hydrogens is 234 g/mol. The predicted molar refractivity (Wildman–Crippen MR) is 54.0 cm³/mol. The summed E-state index contributed by atoms with van der Waals surface area (Å²) >= 11 is 0. The van der Waals surface area contributed by atoms with Crippen molar-refractivity contribution < 1.29 is 23.1 Å². The molecule has 2 amide bonds. The lowest BCUT2D eigenvalue weighted by molar-refractivity contribution is -0.137. The van der Waals surface area contributed by atoms with Gasteiger partial charge >= 0.3 is 11.8 Å². The third kappa shape index (κ3) is 3.13. The summed E-state index contributed by atoms with van der Waals surface area (Å²) in [4.78, 5) is 21.2. The zero-order valence-corrected chi connectivity index (χ0v) is 8.92. The Morgan fingerprint density at radius 3 is 2.53 bits per heavy atom. The third-order valence-corrected chi connectivity index (χ3v) is 1.98. The molecule has 7 heteroatoms. The molecule has 1 rings (SSSR count). The maximum atomic E-state index is 13.4. The van der Waals surface area contributed by atoms with Crippen LogP contribution in [0.5, 0.6) is 5.75 Å². The van der Waals surface area contributed by atoms with Gasteiger partial charge < -0.3 is 15.8 Å². The molecule has 17 heavy (non-hydrogen) atoms. The van der Waals surface area contributed by atoms with E-state index in [0.29, 0.717) is 0 Å². The summed E-state index contributed by atoms with van der Waals surface area (Å²) in [6.07, 6.45) is 0. The van der Waals surface area contributed by atoms with Crippen LogP contribution in [0.2, 0.25) is 0 Å². The van der Waals surface area contributed by atoms with Crippen LogP contribution in [0.1, 0.15) is 5.56 Å². The fraction of sp³-hybridized carbons (Fsp3) is 0.200. The van der Waals surface area contributed by atoms with Gasteiger partial charge in [-0.15, -0.1) is 0 Å². The van der Waals surface area contributed by atoms with E-state index in [2.05, 4.69) is 10.5 Å². The molecule has 0 aliphatic carbocycles. The Balaban J connectivity index is 2.82. The number of carbonyl (C=O) groups excluding carboxylic acids is 2. The number of rotatable bonds is 3. The first-order chi connectivity index (χ1) is 7.95. The van der Waals surface area contributed by atoms with Crippen LogP contribution in [0, 0.1) is 11.6 Å². The average Bonchev–Trinajstić information content (AvgIpc) is 2.29. The summed E-state index contributed by atoms with van der Waals surface area (Å²) in [5, 5.41) is 2.04. The number of nitrogens with two attached hydrogens (primary N) is 1. The number of ether oxygens (including phenoxy) is 1. The number of nitrogens with one attached hydrogen (secondary N) is 1. The quantitative estimate of drug-likeness (QED) is 0.738. The molecule has 0 saturated heterocycles. The molecule has 3 N–H and O–H groups in total. The van der Waals surface area contributed by atoms with Crippen LogP contribution in [-0.4, -0.2) is 18.9 Å². The molecule has 0 aromatic heterocycles. The van der Waals surface area contributed by atoms with Crippen molar-refractivity contribution in [1.29, 1.82) is 0 Å². The maximum Gasteiger partial charge on any atom is 0.309 e. The van der Waals surface area contributed by atoms with E-state index in [1.165, 1.54) is 7.11 Å². The number of amides is 2. The highest BCUT2D eigenvalue weighted by Gasteiger charge is 2.13. The number of hydrogen-bond acceptors (Lipinski definition) is 3. The molecule has 0 radical (unpaired) electrons. The standard InChI is InChI=1S/C10H10F2N2O3/c1-17-8-3-6(11)5(2-7(8)12)4-14-10(16)9(13)15/h2-3H,4H2,1H3,(H2,13,15)(H,14,16). The molecule has 1 aromatic rings. The van der Waals surface area contributed by atoms with E-state index >= 15 is 0 Å².